The van der Waals surface area contributed by atoms with Gasteiger partial charge in [-0.2, -0.15) is 5.10 Å². The van der Waals surface area contributed by atoms with E-state index in [2.05, 4.69) is 37.9 Å². The van der Waals surface area contributed by atoms with Gasteiger partial charge in [-0.1, -0.05) is 17.7 Å². The van der Waals surface area contributed by atoms with Crippen molar-refractivity contribution in [2.75, 3.05) is 26.7 Å². The number of carbonyl (C=O) groups excluding carboxylic acids is 1. The third kappa shape index (κ3) is 3.90. The lowest BCUT2D eigenvalue weighted by Crippen LogP contribution is -2.40. The first-order valence-electron chi connectivity index (χ1n) is 12.7. The van der Waals surface area contributed by atoms with Crippen LogP contribution in [0, 0.1) is 0 Å². The van der Waals surface area contributed by atoms with Crippen LogP contribution < -0.4 is 5.73 Å². The van der Waals surface area contributed by atoms with E-state index >= 15 is 0 Å². The van der Waals surface area contributed by atoms with E-state index in [-0.39, 0.29) is 6.04 Å². The van der Waals surface area contributed by atoms with Gasteiger partial charge < -0.3 is 15.5 Å². The van der Waals surface area contributed by atoms with Crippen molar-refractivity contribution in [2.45, 2.75) is 69.6 Å². The van der Waals surface area contributed by atoms with Crippen molar-refractivity contribution in [2.24, 2.45) is 5.73 Å². The van der Waals surface area contributed by atoms with E-state index in [1.807, 2.05) is 23.0 Å². The van der Waals surface area contributed by atoms with Crippen molar-refractivity contribution < 1.29 is 4.79 Å². The van der Waals surface area contributed by atoms with Gasteiger partial charge in [0, 0.05) is 29.6 Å². The van der Waals surface area contributed by atoms with Crippen LogP contribution in [-0.4, -0.2) is 79.2 Å². The summed E-state index contributed by atoms with van der Waals surface area (Å²) in [5.41, 5.74) is 8.86. The molecule has 0 radical (unpaired) electrons. The first-order valence-corrected chi connectivity index (χ1v) is 12.7. The highest BCUT2D eigenvalue weighted by Crippen LogP contribution is 2.41. The third-order valence-corrected chi connectivity index (χ3v) is 8.29. The maximum atomic E-state index is 12.2. The quantitative estimate of drug-likeness (QED) is 0.605. The SMILES string of the molecule is CN1C2CCC1CC(n1nc(C(N)=O)c3ccc(-c4cn(CCN5CCCCC5)nn4)cc31)C2. The molecule has 5 heterocycles. The first-order chi connectivity index (χ1) is 16.6. The molecule has 3 saturated heterocycles. The minimum absolute atomic E-state index is 0.278. The van der Waals surface area contributed by atoms with E-state index in [1.165, 1.54) is 45.2 Å². The molecular formula is C25H34N8O. The van der Waals surface area contributed by atoms with Gasteiger partial charge in [-0.3, -0.25) is 14.2 Å². The van der Waals surface area contributed by atoms with Gasteiger partial charge >= 0.3 is 0 Å². The highest BCUT2D eigenvalue weighted by molar-refractivity contribution is 6.04. The Kier molecular flexibility index (Phi) is 5.61. The Bertz CT molecular complexity index is 1180. The van der Waals surface area contributed by atoms with Crippen LogP contribution in [0.2, 0.25) is 0 Å². The van der Waals surface area contributed by atoms with Crippen molar-refractivity contribution in [3.05, 3.63) is 30.1 Å². The second kappa shape index (κ2) is 8.78. The number of rotatable bonds is 6. The highest BCUT2D eigenvalue weighted by atomic mass is 16.1. The Balaban J connectivity index is 1.28. The Hall–Kier alpha value is -2.78. The Morgan fingerprint density at radius 3 is 2.56 bits per heavy atom. The van der Waals surface area contributed by atoms with Crippen molar-refractivity contribution >= 4 is 16.8 Å². The van der Waals surface area contributed by atoms with Gasteiger partial charge in [0.2, 0.25) is 0 Å². The second-order valence-electron chi connectivity index (χ2n) is 10.3. The standard InChI is InChI=1S/C25H34N8O/c1-30-18-6-7-19(30)15-20(14-18)33-23-13-17(5-8-21(23)24(28-33)25(26)34)22-16-32(29-27-22)12-11-31-9-3-2-4-10-31/h5,8,13,16,18-20H,2-4,6-7,9-12,14-15H2,1H3,(H2,26,34). The third-order valence-electron chi connectivity index (χ3n) is 8.29. The molecule has 34 heavy (non-hydrogen) atoms. The van der Waals surface area contributed by atoms with Crippen LogP contribution in [0.3, 0.4) is 0 Å². The summed E-state index contributed by atoms with van der Waals surface area (Å²) in [6, 6.07) is 7.52. The number of aromatic nitrogens is 5. The molecule has 2 unspecified atom stereocenters. The molecule has 0 aliphatic carbocycles. The van der Waals surface area contributed by atoms with Gasteiger partial charge in [-0.25, -0.2) is 0 Å². The number of benzene rings is 1. The average Bonchev–Trinajstić information content (AvgIpc) is 3.52. The molecule has 2 bridgehead atoms. The van der Waals surface area contributed by atoms with Gasteiger partial charge in [0.05, 0.1) is 24.3 Å². The van der Waals surface area contributed by atoms with Crippen LogP contribution in [-0.2, 0) is 6.54 Å². The average molecular weight is 463 g/mol. The molecule has 0 saturated carbocycles. The van der Waals surface area contributed by atoms with Crippen molar-refractivity contribution in [3.8, 4) is 11.3 Å². The summed E-state index contributed by atoms with van der Waals surface area (Å²) in [6.45, 7) is 4.22. The largest absolute Gasteiger partial charge is 0.364 e. The van der Waals surface area contributed by atoms with Crippen molar-refractivity contribution in [3.63, 3.8) is 0 Å². The van der Waals surface area contributed by atoms with Crippen LogP contribution in [0.15, 0.2) is 24.4 Å². The topological polar surface area (TPSA) is 98.1 Å². The Labute approximate surface area is 199 Å². The number of nitrogens with zero attached hydrogens (tertiary/aromatic N) is 7. The minimum atomic E-state index is -0.476. The van der Waals surface area contributed by atoms with E-state index in [0.717, 1.165) is 48.1 Å². The highest BCUT2D eigenvalue weighted by Gasteiger charge is 2.40. The number of primary amides is 1. The predicted octanol–water partition coefficient (Wildman–Crippen LogP) is 2.68. The zero-order valence-electron chi connectivity index (χ0n) is 19.9. The molecule has 3 aliphatic rings. The lowest BCUT2D eigenvalue weighted by atomic mass is 9.98. The maximum absolute atomic E-state index is 12.2. The number of nitrogens with two attached hydrogens (primary N) is 1. The first kappa shape index (κ1) is 21.7. The summed E-state index contributed by atoms with van der Waals surface area (Å²) < 4.78 is 4.01. The van der Waals surface area contributed by atoms with Crippen molar-refractivity contribution in [1.29, 1.82) is 0 Å². The molecule has 1 amide bonds. The Morgan fingerprint density at radius 1 is 1.06 bits per heavy atom. The maximum Gasteiger partial charge on any atom is 0.269 e. The van der Waals surface area contributed by atoms with E-state index in [9.17, 15) is 4.79 Å². The molecule has 0 spiro atoms. The molecule has 3 fully saturated rings. The number of fused-ring (bicyclic) bond motifs is 3. The normalized spacial score (nSPS) is 25.9. The molecule has 3 aliphatic heterocycles. The molecule has 9 nitrogen and oxygen atoms in total. The summed E-state index contributed by atoms with van der Waals surface area (Å²) in [4.78, 5) is 17.2. The van der Waals surface area contributed by atoms with Crippen LogP contribution >= 0.6 is 0 Å². The van der Waals surface area contributed by atoms with E-state index in [4.69, 9.17) is 10.8 Å². The smallest absolute Gasteiger partial charge is 0.269 e. The molecule has 2 N–H and O–H groups in total. The van der Waals surface area contributed by atoms with Gasteiger partial charge in [-0.15, -0.1) is 5.10 Å². The number of piperidine rings is 2. The number of likely N-dealkylation sites (tertiary alicyclic amines) is 1. The van der Waals surface area contributed by atoms with Gasteiger partial charge in [0.25, 0.3) is 5.91 Å². The van der Waals surface area contributed by atoms with E-state index in [0.29, 0.717) is 17.8 Å². The molecule has 180 valence electrons. The van der Waals surface area contributed by atoms with Crippen LogP contribution in [0.4, 0.5) is 0 Å². The summed E-state index contributed by atoms with van der Waals surface area (Å²) in [5.74, 6) is -0.476. The fourth-order valence-corrected chi connectivity index (χ4v) is 6.31. The minimum Gasteiger partial charge on any atom is -0.364 e. The second-order valence-corrected chi connectivity index (χ2v) is 10.3. The molecule has 1 aromatic carbocycles. The zero-order chi connectivity index (χ0) is 23.2. The van der Waals surface area contributed by atoms with Gasteiger partial charge in [0.15, 0.2) is 5.69 Å². The van der Waals surface area contributed by atoms with E-state index < -0.39 is 5.91 Å². The van der Waals surface area contributed by atoms with Crippen LogP contribution in [0.25, 0.3) is 22.2 Å². The molecule has 2 atom stereocenters. The number of carbonyl (C=O) groups is 1. The molecular weight excluding hydrogens is 428 g/mol. The van der Waals surface area contributed by atoms with Crippen molar-refractivity contribution in [1.82, 2.24) is 34.6 Å². The Morgan fingerprint density at radius 2 is 1.82 bits per heavy atom. The number of amides is 1. The van der Waals surface area contributed by atoms with Crippen LogP contribution in [0.5, 0.6) is 0 Å². The van der Waals surface area contributed by atoms with Crippen LogP contribution in [0.1, 0.15) is 61.5 Å². The fraction of sp³-hybridized carbons (Fsp3) is 0.600. The number of hydrogen-bond donors (Lipinski definition) is 1. The molecule has 3 aromatic rings. The summed E-state index contributed by atoms with van der Waals surface area (Å²) in [7, 11) is 2.24. The monoisotopic (exact) mass is 462 g/mol. The molecule has 6 rings (SSSR count). The van der Waals surface area contributed by atoms with Gasteiger partial charge in [0.1, 0.15) is 5.69 Å². The lowest BCUT2D eigenvalue weighted by Gasteiger charge is -2.36. The fourth-order valence-electron chi connectivity index (χ4n) is 6.31. The van der Waals surface area contributed by atoms with E-state index in [1.54, 1.807) is 0 Å². The lowest BCUT2D eigenvalue weighted by molar-refractivity contribution is 0.0993. The predicted molar refractivity (Wildman–Crippen MR) is 130 cm³/mol. The molecule has 9 heteroatoms. The summed E-state index contributed by atoms with van der Waals surface area (Å²) >= 11 is 0. The summed E-state index contributed by atoms with van der Waals surface area (Å²) in [5, 5.41) is 14.4. The molecule has 2 aromatic heterocycles. The zero-order valence-corrected chi connectivity index (χ0v) is 19.9. The number of hydrogen-bond acceptors (Lipinski definition) is 6. The van der Waals surface area contributed by atoms with Gasteiger partial charge in [-0.05, 0) is 70.8 Å². The summed E-state index contributed by atoms with van der Waals surface area (Å²) in [6.07, 6.45) is 10.6.